The fraction of sp³-hybridized carbons (Fsp3) is 0.152. The number of nitrogens with one attached hydrogen (secondary N) is 2. The number of anilines is 2. The van der Waals surface area contributed by atoms with Crippen molar-refractivity contribution >= 4 is 28.1 Å². The van der Waals surface area contributed by atoms with Gasteiger partial charge in [0.2, 0.25) is 0 Å². The highest BCUT2D eigenvalue weighted by molar-refractivity contribution is 5.85. The van der Waals surface area contributed by atoms with Crippen LogP contribution in [0.25, 0.3) is 27.9 Å². The topological polar surface area (TPSA) is 59.0 Å². The maximum atomic E-state index is 13.7. The van der Waals surface area contributed by atoms with Gasteiger partial charge in [-0.3, -0.25) is 4.79 Å². The summed E-state index contributed by atoms with van der Waals surface area (Å²) in [5, 5.41) is 7.53. The van der Waals surface area contributed by atoms with Gasteiger partial charge in [-0.2, -0.15) is 0 Å². The van der Waals surface area contributed by atoms with E-state index in [0.29, 0.717) is 34.9 Å². The van der Waals surface area contributed by atoms with E-state index in [1.807, 2.05) is 53.4 Å². The monoisotopic (exact) mass is 498 g/mol. The molecule has 0 aliphatic heterocycles. The quantitative estimate of drug-likeness (QED) is 0.261. The molecule has 38 heavy (non-hydrogen) atoms. The number of fused-ring (bicyclic) bond motifs is 2. The fourth-order valence-electron chi connectivity index (χ4n) is 5.32. The first-order chi connectivity index (χ1) is 18.6. The van der Waals surface area contributed by atoms with Crippen LogP contribution < -0.4 is 16.1 Å². The summed E-state index contributed by atoms with van der Waals surface area (Å²) >= 11 is 0. The van der Waals surface area contributed by atoms with Crippen LogP contribution in [0, 0.1) is 0 Å². The molecule has 0 amide bonds. The van der Waals surface area contributed by atoms with Crippen molar-refractivity contribution in [3.05, 3.63) is 131 Å². The van der Waals surface area contributed by atoms with Gasteiger partial charge in [-0.25, -0.2) is 4.98 Å². The smallest absolute Gasteiger partial charge is 0.200 e. The lowest BCUT2D eigenvalue weighted by Gasteiger charge is -2.17. The first-order valence-electron chi connectivity index (χ1n) is 13.1. The zero-order chi connectivity index (χ0) is 26.1. The minimum atomic E-state index is -0.0750. The number of pyridine rings is 2. The van der Waals surface area contributed by atoms with Crippen LogP contribution in [-0.4, -0.2) is 15.6 Å². The lowest BCUT2D eigenvalue weighted by atomic mass is 10.1. The number of hydrogen-bond acceptors (Lipinski definition) is 4. The molecule has 0 radical (unpaired) electrons. The summed E-state index contributed by atoms with van der Waals surface area (Å²) in [6.45, 7) is 6.96. The van der Waals surface area contributed by atoms with E-state index in [4.69, 9.17) is 0 Å². The van der Waals surface area contributed by atoms with Gasteiger partial charge in [0.15, 0.2) is 5.43 Å². The van der Waals surface area contributed by atoms with Crippen LogP contribution in [0.4, 0.5) is 11.4 Å². The molecule has 0 spiro atoms. The molecule has 1 aliphatic rings. The highest BCUT2D eigenvalue weighted by Crippen LogP contribution is 2.26. The Bertz CT molecular complexity index is 1660. The van der Waals surface area contributed by atoms with Gasteiger partial charge in [-0.15, -0.1) is 0 Å². The Balaban J connectivity index is 1.26. The van der Waals surface area contributed by atoms with Crippen LogP contribution in [-0.2, 0) is 19.4 Å². The summed E-state index contributed by atoms with van der Waals surface area (Å²) in [6.07, 6.45) is 5.62. The predicted molar refractivity (Wildman–Crippen MR) is 157 cm³/mol. The van der Waals surface area contributed by atoms with Crippen LogP contribution in [0.15, 0.2) is 109 Å². The van der Waals surface area contributed by atoms with Crippen molar-refractivity contribution in [2.45, 2.75) is 32.4 Å². The molecule has 2 aromatic heterocycles. The highest BCUT2D eigenvalue weighted by Gasteiger charge is 2.21. The van der Waals surface area contributed by atoms with E-state index in [2.05, 4.69) is 77.7 Å². The Labute approximate surface area is 222 Å². The molecule has 5 heteroatoms. The molecule has 0 atom stereocenters. The largest absolute Gasteiger partial charge is 0.380 e. The Morgan fingerprint density at radius 1 is 0.921 bits per heavy atom. The molecule has 6 rings (SSSR count). The van der Waals surface area contributed by atoms with E-state index in [-0.39, 0.29) is 5.43 Å². The summed E-state index contributed by atoms with van der Waals surface area (Å²) in [4.78, 5) is 18.3. The van der Waals surface area contributed by atoms with Gasteiger partial charge in [0.05, 0.1) is 22.8 Å². The first-order valence-corrected chi connectivity index (χ1v) is 13.1. The van der Waals surface area contributed by atoms with Crippen LogP contribution in [0.2, 0.25) is 0 Å². The SMILES string of the molecule is C=C(Nc1ccc(-c2ccccc2)cc1)c1cn(CC)c2ncc(NC3Cc4ccccc4C3)cc2c1=O. The van der Waals surface area contributed by atoms with Crippen molar-refractivity contribution in [1.82, 2.24) is 9.55 Å². The molecule has 2 N–H and O–H groups in total. The fourth-order valence-corrected chi connectivity index (χ4v) is 5.32. The van der Waals surface area contributed by atoms with Gasteiger partial charge in [-0.05, 0) is 60.2 Å². The van der Waals surface area contributed by atoms with Crippen LogP contribution in [0.5, 0.6) is 0 Å². The van der Waals surface area contributed by atoms with Gasteiger partial charge < -0.3 is 15.2 Å². The lowest BCUT2D eigenvalue weighted by Crippen LogP contribution is -2.21. The zero-order valence-electron chi connectivity index (χ0n) is 21.4. The third-order valence-electron chi connectivity index (χ3n) is 7.29. The summed E-state index contributed by atoms with van der Waals surface area (Å²) in [6, 6.07) is 29.2. The maximum absolute atomic E-state index is 13.7. The van der Waals surface area contributed by atoms with Gasteiger partial charge in [0, 0.05) is 30.2 Å². The van der Waals surface area contributed by atoms with Crippen molar-refractivity contribution < 1.29 is 0 Å². The molecule has 2 heterocycles. The van der Waals surface area contributed by atoms with E-state index < -0.39 is 0 Å². The maximum Gasteiger partial charge on any atom is 0.200 e. The molecular formula is C33H30N4O. The summed E-state index contributed by atoms with van der Waals surface area (Å²) in [7, 11) is 0. The number of rotatable bonds is 7. The van der Waals surface area contributed by atoms with Crippen molar-refractivity contribution in [3.63, 3.8) is 0 Å². The minimum Gasteiger partial charge on any atom is -0.380 e. The Morgan fingerprint density at radius 3 is 2.26 bits per heavy atom. The summed E-state index contributed by atoms with van der Waals surface area (Å²) < 4.78 is 2.01. The van der Waals surface area contributed by atoms with Gasteiger partial charge in [-0.1, -0.05) is 73.3 Å². The Kier molecular flexibility index (Phi) is 6.26. The van der Waals surface area contributed by atoms with Crippen molar-refractivity contribution in [2.75, 3.05) is 10.6 Å². The zero-order valence-corrected chi connectivity index (χ0v) is 21.4. The lowest BCUT2D eigenvalue weighted by molar-refractivity contribution is 0.768. The number of aryl methyl sites for hydroxylation is 1. The van der Waals surface area contributed by atoms with Gasteiger partial charge >= 0.3 is 0 Å². The molecule has 0 saturated carbocycles. The Hall–Kier alpha value is -4.64. The molecular weight excluding hydrogens is 468 g/mol. The van der Waals surface area contributed by atoms with Crippen molar-refractivity contribution in [3.8, 4) is 11.1 Å². The van der Waals surface area contributed by atoms with E-state index >= 15 is 0 Å². The summed E-state index contributed by atoms with van der Waals surface area (Å²) in [5.74, 6) is 0. The van der Waals surface area contributed by atoms with Gasteiger partial charge in [0.1, 0.15) is 5.65 Å². The third-order valence-corrected chi connectivity index (χ3v) is 7.29. The van der Waals surface area contributed by atoms with Crippen LogP contribution in [0.1, 0.15) is 23.6 Å². The summed E-state index contributed by atoms with van der Waals surface area (Å²) in [5.41, 5.74) is 8.52. The molecule has 0 fully saturated rings. The van der Waals surface area contributed by atoms with Crippen LogP contribution in [0.3, 0.4) is 0 Å². The minimum absolute atomic E-state index is 0.0750. The molecule has 0 bridgehead atoms. The Morgan fingerprint density at radius 2 is 1.58 bits per heavy atom. The van der Waals surface area contributed by atoms with E-state index in [1.165, 1.54) is 11.1 Å². The second-order valence-corrected chi connectivity index (χ2v) is 9.82. The average Bonchev–Trinajstić information content (AvgIpc) is 3.36. The number of benzene rings is 3. The predicted octanol–water partition coefficient (Wildman–Crippen LogP) is 6.75. The molecule has 0 saturated heterocycles. The molecule has 5 nitrogen and oxygen atoms in total. The van der Waals surface area contributed by atoms with Crippen LogP contribution >= 0.6 is 0 Å². The third kappa shape index (κ3) is 4.59. The molecule has 3 aromatic carbocycles. The van der Waals surface area contributed by atoms with E-state index in [9.17, 15) is 4.79 Å². The highest BCUT2D eigenvalue weighted by atomic mass is 16.1. The normalized spacial score (nSPS) is 12.9. The second-order valence-electron chi connectivity index (χ2n) is 9.82. The number of nitrogens with zero attached hydrogens (tertiary/aromatic N) is 2. The first kappa shape index (κ1) is 23.7. The molecule has 5 aromatic rings. The molecule has 0 unspecified atom stereocenters. The number of aromatic nitrogens is 2. The van der Waals surface area contributed by atoms with E-state index in [1.54, 1.807) is 0 Å². The van der Waals surface area contributed by atoms with Crippen molar-refractivity contribution in [2.24, 2.45) is 0 Å². The second kappa shape index (κ2) is 10.0. The van der Waals surface area contributed by atoms with Gasteiger partial charge in [0.25, 0.3) is 0 Å². The average molecular weight is 499 g/mol. The molecule has 188 valence electrons. The van der Waals surface area contributed by atoms with E-state index in [0.717, 1.165) is 35.3 Å². The molecule has 1 aliphatic carbocycles. The standard InChI is InChI=1S/C33H30N4O/c1-3-37-21-31(22(2)35-27-15-13-24(14-16-27)23-9-5-4-6-10-23)32(38)30-19-29(20-34-33(30)37)36-28-17-25-11-7-8-12-26(25)18-28/h4-16,19-21,28,35-36H,2-3,17-18H2,1H3. The number of hydrogen-bond donors (Lipinski definition) is 2. The van der Waals surface area contributed by atoms with Crippen molar-refractivity contribution in [1.29, 1.82) is 0 Å².